The number of nitrogens with zero attached hydrogens (tertiary/aromatic N) is 3. The maximum Gasteiger partial charge on any atom is 0.245 e. The van der Waals surface area contributed by atoms with Gasteiger partial charge in [-0.25, -0.2) is 0 Å². The van der Waals surface area contributed by atoms with E-state index in [2.05, 4.69) is 6.07 Å². The third-order valence-corrected chi connectivity index (χ3v) is 3.36. The average Bonchev–Trinajstić information content (AvgIpc) is 2.34. The highest BCUT2D eigenvalue weighted by atomic mass is 16.2. The predicted molar refractivity (Wildman–Crippen MR) is 70.2 cm³/mol. The molecule has 1 aliphatic heterocycles. The maximum atomic E-state index is 12.4. The molecule has 1 heterocycles. The SMILES string of the molecule is Cc1cccc(N2CCN(C)C(CC#N)C2=O)c1. The van der Waals surface area contributed by atoms with Crippen molar-refractivity contribution in [3.05, 3.63) is 29.8 Å². The van der Waals surface area contributed by atoms with Crippen molar-refractivity contribution < 1.29 is 4.79 Å². The van der Waals surface area contributed by atoms with Crippen LogP contribution >= 0.6 is 0 Å². The highest BCUT2D eigenvalue weighted by molar-refractivity contribution is 5.98. The van der Waals surface area contributed by atoms with Crippen LogP contribution in [0.5, 0.6) is 0 Å². The van der Waals surface area contributed by atoms with Gasteiger partial charge in [-0.05, 0) is 31.7 Å². The molecule has 1 atom stereocenters. The lowest BCUT2D eigenvalue weighted by Crippen LogP contribution is -2.55. The number of hydrogen-bond donors (Lipinski definition) is 0. The predicted octanol–water partition coefficient (Wildman–Crippen LogP) is 1.56. The van der Waals surface area contributed by atoms with E-state index in [9.17, 15) is 4.79 Å². The molecule has 0 aromatic heterocycles. The molecule has 0 radical (unpaired) electrons. The molecule has 0 aliphatic carbocycles. The number of piperazine rings is 1. The van der Waals surface area contributed by atoms with Crippen molar-refractivity contribution in [2.45, 2.75) is 19.4 Å². The minimum atomic E-state index is -0.315. The highest BCUT2D eigenvalue weighted by Gasteiger charge is 2.33. The van der Waals surface area contributed by atoms with Gasteiger partial charge < -0.3 is 4.90 Å². The second-order valence-electron chi connectivity index (χ2n) is 4.69. The van der Waals surface area contributed by atoms with Crippen molar-refractivity contribution in [1.29, 1.82) is 5.26 Å². The number of aryl methyl sites for hydroxylation is 1. The molecule has 2 rings (SSSR count). The van der Waals surface area contributed by atoms with Crippen LogP contribution in [0, 0.1) is 18.3 Å². The summed E-state index contributed by atoms with van der Waals surface area (Å²) in [7, 11) is 1.90. The molecule has 1 saturated heterocycles. The van der Waals surface area contributed by atoms with Crippen LogP contribution in [0.2, 0.25) is 0 Å². The number of carbonyl (C=O) groups is 1. The van der Waals surface area contributed by atoms with E-state index >= 15 is 0 Å². The fourth-order valence-corrected chi connectivity index (χ4v) is 2.27. The molecule has 4 nitrogen and oxygen atoms in total. The Morgan fingerprint density at radius 2 is 2.22 bits per heavy atom. The van der Waals surface area contributed by atoms with Crippen LogP contribution in [-0.2, 0) is 4.79 Å². The minimum absolute atomic E-state index is 0.0240. The third kappa shape index (κ3) is 2.36. The molecule has 18 heavy (non-hydrogen) atoms. The van der Waals surface area contributed by atoms with Gasteiger partial charge in [0.15, 0.2) is 0 Å². The smallest absolute Gasteiger partial charge is 0.245 e. The Labute approximate surface area is 107 Å². The van der Waals surface area contributed by atoms with Gasteiger partial charge in [-0.15, -0.1) is 0 Å². The lowest BCUT2D eigenvalue weighted by Gasteiger charge is -2.37. The van der Waals surface area contributed by atoms with E-state index in [1.165, 1.54) is 0 Å². The fourth-order valence-electron chi connectivity index (χ4n) is 2.27. The molecule has 94 valence electrons. The first-order valence-electron chi connectivity index (χ1n) is 6.08. The van der Waals surface area contributed by atoms with Crippen molar-refractivity contribution in [3.8, 4) is 6.07 Å². The van der Waals surface area contributed by atoms with Gasteiger partial charge in [-0.3, -0.25) is 9.69 Å². The summed E-state index contributed by atoms with van der Waals surface area (Å²) >= 11 is 0. The van der Waals surface area contributed by atoms with E-state index in [4.69, 9.17) is 5.26 Å². The van der Waals surface area contributed by atoms with Gasteiger partial charge in [0.1, 0.15) is 6.04 Å². The normalized spacial score (nSPS) is 20.8. The Morgan fingerprint density at radius 1 is 1.44 bits per heavy atom. The number of benzene rings is 1. The van der Waals surface area contributed by atoms with Crippen LogP contribution < -0.4 is 4.90 Å². The van der Waals surface area contributed by atoms with Crippen LogP contribution in [0.25, 0.3) is 0 Å². The summed E-state index contributed by atoms with van der Waals surface area (Å²) < 4.78 is 0. The van der Waals surface area contributed by atoms with E-state index in [0.717, 1.165) is 17.8 Å². The van der Waals surface area contributed by atoms with Gasteiger partial charge in [0, 0.05) is 18.8 Å². The monoisotopic (exact) mass is 243 g/mol. The highest BCUT2D eigenvalue weighted by Crippen LogP contribution is 2.21. The first-order chi connectivity index (χ1) is 8.63. The molecule has 1 aromatic rings. The summed E-state index contributed by atoms with van der Waals surface area (Å²) in [5.41, 5.74) is 2.06. The lowest BCUT2D eigenvalue weighted by molar-refractivity contribution is -0.125. The molecule has 1 unspecified atom stereocenters. The fraction of sp³-hybridized carbons (Fsp3) is 0.429. The van der Waals surface area contributed by atoms with E-state index in [1.54, 1.807) is 4.90 Å². The summed E-state index contributed by atoms with van der Waals surface area (Å²) in [6, 6.07) is 9.69. The Morgan fingerprint density at radius 3 is 2.89 bits per heavy atom. The Kier molecular flexibility index (Phi) is 3.63. The van der Waals surface area contributed by atoms with Crippen molar-refractivity contribution in [1.82, 2.24) is 4.90 Å². The Balaban J connectivity index is 2.25. The van der Waals surface area contributed by atoms with Gasteiger partial charge >= 0.3 is 0 Å². The third-order valence-electron chi connectivity index (χ3n) is 3.36. The van der Waals surface area contributed by atoms with Gasteiger partial charge in [-0.2, -0.15) is 5.26 Å². The second-order valence-corrected chi connectivity index (χ2v) is 4.69. The molecule has 1 aliphatic rings. The molecule has 0 spiro atoms. The van der Waals surface area contributed by atoms with Crippen molar-refractivity contribution >= 4 is 11.6 Å². The molecule has 1 fully saturated rings. The topological polar surface area (TPSA) is 47.3 Å². The van der Waals surface area contributed by atoms with Crippen LogP contribution in [0.3, 0.4) is 0 Å². The molecule has 0 saturated carbocycles. The zero-order chi connectivity index (χ0) is 13.1. The Hall–Kier alpha value is -1.86. The van der Waals surface area contributed by atoms with Crippen LogP contribution in [0.4, 0.5) is 5.69 Å². The minimum Gasteiger partial charge on any atom is -0.310 e. The molecular weight excluding hydrogens is 226 g/mol. The standard InChI is InChI=1S/C14H17N3O/c1-11-4-3-5-12(10-11)17-9-8-16(2)13(6-7-15)14(17)18/h3-5,10,13H,6,8-9H2,1-2H3. The zero-order valence-corrected chi connectivity index (χ0v) is 10.8. The molecule has 0 bridgehead atoms. The zero-order valence-electron chi connectivity index (χ0n) is 10.8. The number of rotatable bonds is 2. The quantitative estimate of drug-likeness (QED) is 0.792. The van der Waals surface area contributed by atoms with E-state index in [-0.39, 0.29) is 18.4 Å². The van der Waals surface area contributed by atoms with E-state index in [1.807, 2.05) is 43.1 Å². The molecule has 1 aromatic carbocycles. The summed E-state index contributed by atoms with van der Waals surface area (Å²) in [6.07, 6.45) is 0.248. The molecular formula is C14H17N3O. The van der Waals surface area contributed by atoms with Crippen molar-refractivity contribution in [2.24, 2.45) is 0 Å². The van der Waals surface area contributed by atoms with Crippen molar-refractivity contribution in [2.75, 3.05) is 25.0 Å². The number of likely N-dealkylation sites (N-methyl/N-ethyl adjacent to an activating group) is 1. The first-order valence-corrected chi connectivity index (χ1v) is 6.08. The van der Waals surface area contributed by atoms with Crippen LogP contribution in [0.1, 0.15) is 12.0 Å². The molecule has 1 amide bonds. The molecule has 0 N–H and O–H groups in total. The summed E-state index contributed by atoms with van der Waals surface area (Å²) in [6.45, 7) is 3.49. The number of hydrogen-bond acceptors (Lipinski definition) is 3. The van der Waals surface area contributed by atoms with Gasteiger partial charge in [0.25, 0.3) is 0 Å². The number of carbonyl (C=O) groups excluding carboxylic acids is 1. The second kappa shape index (κ2) is 5.19. The largest absolute Gasteiger partial charge is 0.310 e. The van der Waals surface area contributed by atoms with Crippen molar-refractivity contribution in [3.63, 3.8) is 0 Å². The lowest BCUT2D eigenvalue weighted by atomic mass is 10.1. The Bertz CT molecular complexity index is 492. The van der Waals surface area contributed by atoms with Gasteiger partial charge in [0.2, 0.25) is 5.91 Å². The average molecular weight is 243 g/mol. The van der Waals surface area contributed by atoms with E-state index in [0.29, 0.717) is 6.54 Å². The summed E-state index contributed by atoms with van der Waals surface area (Å²) in [5, 5.41) is 8.81. The summed E-state index contributed by atoms with van der Waals surface area (Å²) in [4.78, 5) is 16.1. The van der Waals surface area contributed by atoms with E-state index < -0.39 is 0 Å². The first kappa shape index (κ1) is 12.6. The number of amides is 1. The maximum absolute atomic E-state index is 12.4. The van der Waals surface area contributed by atoms with Crippen LogP contribution in [-0.4, -0.2) is 37.0 Å². The number of nitriles is 1. The molecule has 4 heteroatoms. The number of anilines is 1. The summed E-state index contributed by atoms with van der Waals surface area (Å²) in [5.74, 6) is 0.0240. The van der Waals surface area contributed by atoms with Gasteiger partial charge in [-0.1, -0.05) is 12.1 Å². The van der Waals surface area contributed by atoms with Crippen LogP contribution in [0.15, 0.2) is 24.3 Å². The van der Waals surface area contributed by atoms with Gasteiger partial charge in [0.05, 0.1) is 12.5 Å².